The van der Waals surface area contributed by atoms with Gasteiger partial charge in [-0.05, 0) is 36.1 Å². The zero-order chi connectivity index (χ0) is 20.2. The number of rotatable bonds is 2. The number of hydrogen-bond donors (Lipinski definition) is 2. The number of aliphatic hydroxyl groups is 1. The third kappa shape index (κ3) is 2.44. The lowest BCUT2D eigenvalue weighted by Crippen LogP contribution is -2.27. The van der Waals surface area contributed by atoms with E-state index in [1.165, 1.54) is 0 Å². The topological polar surface area (TPSA) is 102 Å². The monoisotopic (exact) mass is 398 g/mol. The summed E-state index contributed by atoms with van der Waals surface area (Å²) in [5, 5.41) is 10.4. The van der Waals surface area contributed by atoms with Crippen LogP contribution >= 0.6 is 0 Å². The van der Waals surface area contributed by atoms with Gasteiger partial charge in [0.1, 0.15) is 11.8 Å². The molecule has 2 N–H and O–H groups in total. The van der Waals surface area contributed by atoms with Crippen LogP contribution in [0.3, 0.4) is 0 Å². The molecule has 3 heterocycles. The van der Waals surface area contributed by atoms with Gasteiger partial charge >= 0.3 is 5.69 Å². The van der Waals surface area contributed by atoms with Gasteiger partial charge in [0.05, 0.1) is 29.4 Å². The Hall–Kier alpha value is -3.78. The third-order valence-corrected chi connectivity index (χ3v) is 5.85. The highest BCUT2D eigenvalue weighted by molar-refractivity contribution is 5.77. The average molecular weight is 398 g/mol. The van der Waals surface area contributed by atoms with Crippen LogP contribution in [0, 0.1) is 0 Å². The molecule has 148 valence electrons. The first-order valence-electron chi connectivity index (χ1n) is 9.87. The van der Waals surface area contributed by atoms with Crippen LogP contribution in [0.4, 0.5) is 0 Å². The molecule has 6 rings (SSSR count). The number of benzene rings is 2. The molecule has 5 aromatic rings. The Kier molecular flexibility index (Phi) is 3.63. The van der Waals surface area contributed by atoms with Gasteiger partial charge in [0, 0.05) is 0 Å². The number of aliphatic hydroxyl groups excluding tert-OH is 1. The van der Waals surface area contributed by atoms with E-state index in [1.54, 1.807) is 17.1 Å². The second-order valence-electron chi connectivity index (χ2n) is 7.55. The van der Waals surface area contributed by atoms with Gasteiger partial charge in [-0.1, -0.05) is 36.4 Å². The summed E-state index contributed by atoms with van der Waals surface area (Å²) in [6.07, 6.45) is 4.05. The lowest BCUT2D eigenvalue weighted by molar-refractivity contribution is 0.147. The van der Waals surface area contributed by atoms with Crippen molar-refractivity contribution in [3.05, 3.63) is 82.7 Å². The standard InChI is InChI=1S/C22H18N6O2/c29-19-10-9-17(13-5-1-2-6-14(13)19)28-20-16(25-22(28)30)11-23-21(26-20)27-12-24-15-7-3-4-8-18(15)27/h1-8,11-12,17,19,29H,9-10H2,(H,25,30)/t17?,19-/m1/s1. The molecule has 1 aliphatic carbocycles. The molecule has 0 aliphatic heterocycles. The molecule has 3 aromatic heterocycles. The molecule has 0 amide bonds. The number of aromatic amines is 1. The molecule has 0 fully saturated rings. The fraction of sp³-hybridized carbons (Fsp3) is 0.182. The van der Waals surface area contributed by atoms with E-state index < -0.39 is 6.10 Å². The molecule has 2 aromatic carbocycles. The van der Waals surface area contributed by atoms with E-state index in [1.807, 2.05) is 53.1 Å². The minimum absolute atomic E-state index is 0.201. The average Bonchev–Trinajstić information content (AvgIpc) is 3.34. The van der Waals surface area contributed by atoms with E-state index >= 15 is 0 Å². The fourth-order valence-corrected chi connectivity index (χ4v) is 4.44. The lowest BCUT2D eigenvalue weighted by Gasteiger charge is -2.29. The van der Waals surface area contributed by atoms with Crippen LogP contribution in [-0.2, 0) is 0 Å². The zero-order valence-electron chi connectivity index (χ0n) is 15.9. The number of H-pyrrole nitrogens is 1. The Bertz CT molecular complexity index is 1460. The van der Waals surface area contributed by atoms with Crippen LogP contribution in [-0.4, -0.2) is 34.2 Å². The van der Waals surface area contributed by atoms with Crippen LogP contribution < -0.4 is 5.69 Å². The van der Waals surface area contributed by atoms with Crippen molar-refractivity contribution < 1.29 is 5.11 Å². The third-order valence-electron chi connectivity index (χ3n) is 5.85. The molecule has 2 atom stereocenters. The number of imidazole rings is 2. The molecule has 0 saturated heterocycles. The Morgan fingerprint density at radius 1 is 1.00 bits per heavy atom. The first-order chi connectivity index (χ1) is 14.7. The van der Waals surface area contributed by atoms with Crippen molar-refractivity contribution in [3.63, 3.8) is 0 Å². The normalized spacial score (nSPS) is 18.7. The molecule has 0 spiro atoms. The molecule has 30 heavy (non-hydrogen) atoms. The molecule has 0 radical (unpaired) electrons. The van der Waals surface area contributed by atoms with Crippen LogP contribution in [0.5, 0.6) is 0 Å². The predicted molar refractivity (Wildman–Crippen MR) is 112 cm³/mol. The van der Waals surface area contributed by atoms with Crippen molar-refractivity contribution in [3.8, 4) is 5.95 Å². The molecule has 0 bridgehead atoms. The van der Waals surface area contributed by atoms with E-state index in [2.05, 4.69) is 15.0 Å². The van der Waals surface area contributed by atoms with Crippen LogP contribution in [0.25, 0.3) is 28.1 Å². The second-order valence-corrected chi connectivity index (χ2v) is 7.55. The van der Waals surface area contributed by atoms with Gasteiger partial charge in [-0.15, -0.1) is 0 Å². The highest BCUT2D eigenvalue weighted by atomic mass is 16.3. The smallest absolute Gasteiger partial charge is 0.328 e. The lowest BCUT2D eigenvalue weighted by atomic mass is 9.85. The van der Waals surface area contributed by atoms with Gasteiger partial charge in [0.25, 0.3) is 0 Å². The maximum atomic E-state index is 12.9. The van der Waals surface area contributed by atoms with Crippen molar-refractivity contribution in [2.75, 3.05) is 0 Å². The van der Waals surface area contributed by atoms with Crippen molar-refractivity contribution in [1.82, 2.24) is 29.1 Å². The number of fused-ring (bicyclic) bond motifs is 3. The summed E-state index contributed by atoms with van der Waals surface area (Å²) in [6, 6.07) is 15.3. The van der Waals surface area contributed by atoms with Crippen LogP contribution in [0.1, 0.15) is 36.1 Å². The van der Waals surface area contributed by atoms with E-state index in [0.717, 1.165) is 22.2 Å². The molecule has 0 saturated carbocycles. The predicted octanol–water partition coefficient (Wildman–Crippen LogP) is 2.88. The maximum Gasteiger partial charge on any atom is 0.328 e. The number of aromatic nitrogens is 6. The minimum Gasteiger partial charge on any atom is -0.388 e. The zero-order valence-corrected chi connectivity index (χ0v) is 15.9. The Morgan fingerprint density at radius 3 is 2.70 bits per heavy atom. The van der Waals surface area contributed by atoms with Gasteiger partial charge in [-0.2, -0.15) is 4.98 Å². The van der Waals surface area contributed by atoms with Gasteiger partial charge in [0.15, 0.2) is 5.65 Å². The van der Waals surface area contributed by atoms with Crippen molar-refractivity contribution in [1.29, 1.82) is 0 Å². The summed E-state index contributed by atoms with van der Waals surface area (Å²) >= 11 is 0. The van der Waals surface area contributed by atoms with Crippen molar-refractivity contribution in [2.24, 2.45) is 0 Å². The Balaban J connectivity index is 1.56. The molecule has 1 unspecified atom stereocenters. The minimum atomic E-state index is -0.513. The van der Waals surface area contributed by atoms with Gasteiger partial charge in [0.2, 0.25) is 5.95 Å². The summed E-state index contributed by atoms with van der Waals surface area (Å²) in [5.41, 5.74) is 4.45. The molecule has 8 nitrogen and oxygen atoms in total. The van der Waals surface area contributed by atoms with E-state index in [4.69, 9.17) is 4.98 Å². The first kappa shape index (κ1) is 17.1. The molecular weight excluding hydrogens is 380 g/mol. The summed E-state index contributed by atoms with van der Waals surface area (Å²) < 4.78 is 3.50. The maximum absolute atomic E-state index is 12.9. The SMILES string of the molecule is O=c1[nH]c2cnc(-n3cnc4ccccc43)nc2n1C1CC[C@@H](O)c2ccccc21. The van der Waals surface area contributed by atoms with E-state index in [-0.39, 0.29) is 11.7 Å². The molecular formula is C22H18N6O2. The highest BCUT2D eigenvalue weighted by Gasteiger charge is 2.29. The van der Waals surface area contributed by atoms with Gasteiger partial charge in [-0.3, -0.25) is 9.13 Å². The van der Waals surface area contributed by atoms with E-state index in [0.29, 0.717) is 30.0 Å². The number of hydrogen-bond acceptors (Lipinski definition) is 5. The van der Waals surface area contributed by atoms with Crippen LogP contribution in [0.15, 0.2) is 65.8 Å². The molecule has 8 heteroatoms. The van der Waals surface area contributed by atoms with Crippen molar-refractivity contribution in [2.45, 2.75) is 25.0 Å². The quantitative estimate of drug-likeness (QED) is 0.476. The Morgan fingerprint density at radius 2 is 1.80 bits per heavy atom. The van der Waals surface area contributed by atoms with Gasteiger partial charge in [-0.25, -0.2) is 14.8 Å². The van der Waals surface area contributed by atoms with Gasteiger partial charge < -0.3 is 10.1 Å². The van der Waals surface area contributed by atoms with Crippen molar-refractivity contribution >= 4 is 22.2 Å². The summed E-state index contributed by atoms with van der Waals surface area (Å²) in [4.78, 5) is 29.4. The highest BCUT2D eigenvalue weighted by Crippen LogP contribution is 2.38. The summed E-state index contributed by atoms with van der Waals surface area (Å²) in [7, 11) is 0. The number of nitrogens with one attached hydrogen (secondary N) is 1. The summed E-state index contributed by atoms with van der Waals surface area (Å²) in [5.74, 6) is 0.452. The first-order valence-corrected chi connectivity index (χ1v) is 9.87. The second kappa shape index (κ2) is 6.36. The largest absolute Gasteiger partial charge is 0.388 e. The van der Waals surface area contributed by atoms with E-state index in [9.17, 15) is 9.90 Å². The number of para-hydroxylation sites is 2. The van der Waals surface area contributed by atoms with Crippen LogP contribution in [0.2, 0.25) is 0 Å². The fourth-order valence-electron chi connectivity index (χ4n) is 4.44. The number of nitrogens with zero attached hydrogens (tertiary/aromatic N) is 5. The molecule has 1 aliphatic rings. The summed E-state index contributed by atoms with van der Waals surface area (Å²) in [6.45, 7) is 0. The Labute approximate surface area is 170 Å².